The number of hydrogen-bond donors (Lipinski definition) is 0. The van der Waals surface area contributed by atoms with Crippen molar-refractivity contribution < 1.29 is 17.1 Å². The predicted octanol–water partition coefficient (Wildman–Crippen LogP) is 1.70. The second kappa shape index (κ2) is 3.48. The minimum Gasteiger partial charge on any atom is -0.459 e. The molecule has 0 heterocycles. The summed E-state index contributed by atoms with van der Waals surface area (Å²) in [5, 5.41) is 0. The van der Waals surface area contributed by atoms with Crippen molar-refractivity contribution in [1.29, 1.82) is 0 Å². The molecule has 1 saturated carbocycles. The number of hydrogen-bond acceptors (Lipinski definition) is 3. The Morgan fingerprint density at radius 3 is 2.69 bits per heavy atom. The van der Waals surface area contributed by atoms with Gasteiger partial charge >= 0.3 is 5.97 Å². The van der Waals surface area contributed by atoms with Crippen molar-refractivity contribution in [2.75, 3.05) is 0 Å². The number of carbonyl (C=O) groups excluding carboxylic acids is 2. The first-order valence-corrected chi connectivity index (χ1v) is 4.37. The third-order valence-electron chi connectivity index (χ3n) is 1.67. The molecule has 1 aliphatic rings. The third kappa shape index (κ3) is 2.83. The van der Waals surface area contributed by atoms with Crippen molar-refractivity contribution in [2.24, 2.45) is 5.89 Å². The first-order chi connectivity index (χ1) is 6.67. The Kier molecular flexibility index (Phi) is 2.02. The van der Waals surface area contributed by atoms with Gasteiger partial charge in [0.2, 0.25) is 0 Å². The Hall–Kier alpha value is -0.860. The van der Waals surface area contributed by atoms with Gasteiger partial charge in [-0.2, -0.15) is 0 Å². The number of carbonyl (C=O) groups is 2. The molecular formula is C10H16O3. The molecule has 0 saturated heterocycles. The van der Waals surface area contributed by atoms with E-state index >= 15 is 0 Å². The van der Waals surface area contributed by atoms with Crippen molar-refractivity contribution in [1.82, 2.24) is 0 Å². The summed E-state index contributed by atoms with van der Waals surface area (Å²) in [6.45, 7) is 5.06. The summed E-state index contributed by atoms with van der Waals surface area (Å²) in [6, 6.07) is 0. The molecule has 0 N–H and O–H groups in total. The normalized spacial score (nSPS) is 36.8. The average Bonchev–Trinajstić information content (AvgIpc) is 2.31. The van der Waals surface area contributed by atoms with Gasteiger partial charge in [0.05, 0.1) is 1.37 Å². The summed E-state index contributed by atoms with van der Waals surface area (Å²) in [5.41, 5.74) is -0.703. The summed E-state index contributed by atoms with van der Waals surface area (Å²) in [5.74, 6) is -3.31. The summed E-state index contributed by atoms with van der Waals surface area (Å²) in [4.78, 5) is 23.1. The molecule has 3 heteroatoms. The minimum atomic E-state index is -1.85. The maximum Gasteiger partial charge on any atom is 0.316 e. The highest BCUT2D eigenvalue weighted by atomic mass is 16.6. The molecule has 0 spiro atoms. The number of esters is 1. The van der Waals surface area contributed by atoms with Crippen LogP contribution in [0, 0.1) is 5.89 Å². The Bertz CT molecular complexity index is 296. The van der Waals surface area contributed by atoms with E-state index in [0.29, 0.717) is 0 Å². The molecular weight excluding hydrogens is 168 g/mol. The number of ether oxygens (including phenoxy) is 1. The SMILES string of the molecule is [2H]C1CCC([2H])(C(=O)OC(C)(C)C)C1=O. The van der Waals surface area contributed by atoms with Gasteiger partial charge in [-0.1, -0.05) is 0 Å². The van der Waals surface area contributed by atoms with Crippen molar-refractivity contribution in [3.05, 3.63) is 0 Å². The molecule has 0 aromatic carbocycles. The van der Waals surface area contributed by atoms with Crippen LogP contribution >= 0.6 is 0 Å². The van der Waals surface area contributed by atoms with Crippen LogP contribution in [0.3, 0.4) is 0 Å². The Morgan fingerprint density at radius 1 is 1.69 bits per heavy atom. The largest absolute Gasteiger partial charge is 0.459 e. The quantitative estimate of drug-likeness (QED) is 0.462. The molecule has 0 amide bonds. The molecule has 1 fully saturated rings. The van der Waals surface area contributed by atoms with Gasteiger partial charge in [-0.15, -0.1) is 0 Å². The molecule has 0 aliphatic heterocycles. The topological polar surface area (TPSA) is 43.4 Å². The molecule has 74 valence electrons. The molecule has 1 aliphatic carbocycles. The van der Waals surface area contributed by atoms with E-state index in [2.05, 4.69) is 0 Å². The summed E-state index contributed by atoms with van der Waals surface area (Å²) in [7, 11) is 0. The number of Topliss-reactive ketones (excluding diaryl/α,β-unsaturated/α-hetero) is 1. The van der Waals surface area contributed by atoms with Crippen LogP contribution in [0.4, 0.5) is 0 Å². The van der Waals surface area contributed by atoms with E-state index in [0.717, 1.165) is 0 Å². The fraction of sp³-hybridized carbons (Fsp3) is 0.800. The van der Waals surface area contributed by atoms with E-state index in [9.17, 15) is 9.59 Å². The van der Waals surface area contributed by atoms with Gasteiger partial charge in [0.15, 0.2) is 0 Å². The first kappa shape index (κ1) is 7.54. The summed E-state index contributed by atoms with van der Waals surface area (Å²) < 4.78 is 20.1. The highest BCUT2D eigenvalue weighted by Gasteiger charge is 2.34. The van der Waals surface area contributed by atoms with E-state index in [1.165, 1.54) is 0 Å². The van der Waals surface area contributed by atoms with Crippen LogP contribution in [0.25, 0.3) is 0 Å². The Morgan fingerprint density at radius 2 is 2.31 bits per heavy atom. The lowest BCUT2D eigenvalue weighted by Gasteiger charge is -2.21. The first-order valence-electron chi connectivity index (χ1n) is 5.44. The fourth-order valence-electron chi connectivity index (χ4n) is 1.14. The second-order valence-electron chi connectivity index (χ2n) is 4.09. The highest BCUT2D eigenvalue weighted by Crippen LogP contribution is 2.24. The van der Waals surface area contributed by atoms with Crippen molar-refractivity contribution >= 4 is 11.8 Å². The van der Waals surface area contributed by atoms with Crippen LogP contribution in [-0.4, -0.2) is 17.4 Å². The van der Waals surface area contributed by atoms with Gasteiger partial charge in [0.1, 0.15) is 17.3 Å². The number of rotatable bonds is 1. The lowest BCUT2D eigenvalue weighted by atomic mass is 10.1. The lowest BCUT2D eigenvalue weighted by Crippen LogP contribution is -2.30. The highest BCUT2D eigenvalue weighted by molar-refractivity contribution is 6.00. The van der Waals surface area contributed by atoms with Crippen LogP contribution in [0.5, 0.6) is 0 Å². The smallest absolute Gasteiger partial charge is 0.316 e. The maximum atomic E-state index is 11.6. The standard InChI is InChI=1S/C10H16O3/c1-10(2,3)13-9(12)7-5-4-6-8(7)11/h7H,4-6H2,1-3H3/i6D,7D. The van der Waals surface area contributed by atoms with Gasteiger partial charge in [0.25, 0.3) is 0 Å². The number of ketones is 1. The zero-order valence-electron chi connectivity index (χ0n) is 10.2. The zero-order valence-corrected chi connectivity index (χ0v) is 8.22. The lowest BCUT2D eigenvalue weighted by molar-refractivity contribution is -0.161. The zero-order chi connectivity index (χ0) is 11.9. The van der Waals surface area contributed by atoms with Crippen LogP contribution in [0.2, 0.25) is 0 Å². The third-order valence-corrected chi connectivity index (χ3v) is 1.67. The minimum absolute atomic E-state index is 0.0922. The van der Waals surface area contributed by atoms with Gasteiger partial charge in [-0.25, -0.2) is 0 Å². The fourth-order valence-corrected chi connectivity index (χ4v) is 1.14. The van der Waals surface area contributed by atoms with Crippen LogP contribution < -0.4 is 0 Å². The van der Waals surface area contributed by atoms with E-state index in [1.807, 2.05) is 0 Å². The van der Waals surface area contributed by atoms with E-state index < -0.39 is 29.6 Å². The predicted molar refractivity (Wildman–Crippen MR) is 48.2 cm³/mol. The van der Waals surface area contributed by atoms with Gasteiger partial charge in [0, 0.05) is 7.77 Å². The van der Waals surface area contributed by atoms with Crippen LogP contribution in [-0.2, 0) is 14.3 Å². The molecule has 13 heavy (non-hydrogen) atoms. The van der Waals surface area contributed by atoms with Gasteiger partial charge in [-0.3, -0.25) is 9.59 Å². The van der Waals surface area contributed by atoms with E-state index in [1.54, 1.807) is 20.8 Å². The van der Waals surface area contributed by atoms with Crippen LogP contribution in [0.1, 0.15) is 42.8 Å². The maximum absolute atomic E-state index is 11.6. The summed E-state index contributed by atoms with van der Waals surface area (Å²) in [6.07, 6.45) is -0.591. The van der Waals surface area contributed by atoms with E-state index in [-0.39, 0.29) is 12.8 Å². The average molecular weight is 186 g/mol. The van der Waals surface area contributed by atoms with Gasteiger partial charge in [-0.05, 0) is 33.6 Å². The Labute approximate surface area is 81.3 Å². The molecule has 2 unspecified atom stereocenters. The molecule has 2 atom stereocenters. The Balaban J connectivity index is 2.80. The van der Waals surface area contributed by atoms with E-state index in [4.69, 9.17) is 7.48 Å². The second-order valence-corrected chi connectivity index (χ2v) is 4.09. The molecule has 3 nitrogen and oxygen atoms in total. The van der Waals surface area contributed by atoms with Crippen molar-refractivity contribution in [3.8, 4) is 0 Å². The molecule has 0 bridgehead atoms. The monoisotopic (exact) mass is 186 g/mol. The molecule has 0 radical (unpaired) electrons. The molecule has 0 aromatic heterocycles. The molecule has 1 rings (SSSR count). The summed E-state index contributed by atoms with van der Waals surface area (Å²) >= 11 is 0. The van der Waals surface area contributed by atoms with Crippen molar-refractivity contribution in [3.63, 3.8) is 0 Å². The molecule has 0 aromatic rings. The van der Waals surface area contributed by atoms with Gasteiger partial charge < -0.3 is 4.74 Å². The van der Waals surface area contributed by atoms with Crippen molar-refractivity contribution in [2.45, 2.75) is 45.6 Å². The van der Waals surface area contributed by atoms with Crippen LogP contribution in [0.15, 0.2) is 0 Å².